The molecule has 2 N–H and O–H groups in total. The van der Waals surface area contributed by atoms with Gasteiger partial charge in [0.15, 0.2) is 11.6 Å². The fourth-order valence-corrected chi connectivity index (χ4v) is 3.37. The molecule has 0 saturated carbocycles. The number of guanidine groups is 1. The van der Waals surface area contributed by atoms with Crippen LogP contribution < -0.4 is 10.6 Å². The summed E-state index contributed by atoms with van der Waals surface area (Å²) >= 11 is 0. The highest BCUT2D eigenvalue weighted by atomic mass is 127. The van der Waals surface area contributed by atoms with E-state index in [2.05, 4.69) is 66.9 Å². The van der Waals surface area contributed by atoms with E-state index in [0.29, 0.717) is 0 Å². The summed E-state index contributed by atoms with van der Waals surface area (Å²) in [5, 5.41) is 16.4. The van der Waals surface area contributed by atoms with Crippen molar-refractivity contribution in [3.8, 4) is 0 Å². The molecule has 152 valence electrons. The molecule has 0 aliphatic rings. The highest BCUT2D eigenvalue weighted by Crippen LogP contribution is 2.15. The molecular weight excluding hydrogens is 477 g/mol. The van der Waals surface area contributed by atoms with Crippen molar-refractivity contribution in [1.29, 1.82) is 0 Å². The summed E-state index contributed by atoms with van der Waals surface area (Å²) < 4.78 is 4.31. The number of para-hydroxylation sites is 1. The highest BCUT2D eigenvalue weighted by Gasteiger charge is 2.05. The van der Waals surface area contributed by atoms with Gasteiger partial charge >= 0.3 is 0 Å². The summed E-state index contributed by atoms with van der Waals surface area (Å²) in [4.78, 5) is 4.30. The number of hydrogen-bond acceptors (Lipinski definition) is 3. The van der Waals surface area contributed by atoms with Gasteiger partial charge in [0.25, 0.3) is 0 Å². The molecule has 0 amide bonds. The van der Waals surface area contributed by atoms with E-state index in [1.165, 1.54) is 10.9 Å². The lowest BCUT2D eigenvalue weighted by Crippen LogP contribution is -2.39. The molecule has 0 radical (unpaired) electrons. The fourth-order valence-electron chi connectivity index (χ4n) is 3.37. The zero-order chi connectivity index (χ0) is 19.2. The quantitative estimate of drug-likeness (QED) is 0.176. The Morgan fingerprint density at radius 2 is 1.79 bits per heavy atom. The van der Waals surface area contributed by atoms with Crippen LogP contribution in [-0.2, 0) is 13.0 Å². The van der Waals surface area contributed by atoms with Gasteiger partial charge in [-0.05, 0) is 36.1 Å². The van der Waals surface area contributed by atoms with Crippen LogP contribution in [0.25, 0.3) is 16.6 Å². The third-order valence-electron chi connectivity index (χ3n) is 4.80. The van der Waals surface area contributed by atoms with Gasteiger partial charge in [0.1, 0.15) is 5.82 Å². The third-order valence-corrected chi connectivity index (χ3v) is 4.80. The van der Waals surface area contributed by atoms with Crippen LogP contribution in [0.15, 0.2) is 65.9 Å². The van der Waals surface area contributed by atoms with E-state index >= 15 is 0 Å². The Labute approximate surface area is 187 Å². The Kier molecular flexibility index (Phi) is 7.45. The number of nitrogens with zero attached hydrogens (tertiary/aromatic N) is 5. The maximum absolute atomic E-state index is 4.30. The molecule has 4 aromatic rings. The van der Waals surface area contributed by atoms with E-state index in [0.717, 1.165) is 49.9 Å². The van der Waals surface area contributed by atoms with Crippen LogP contribution in [0.1, 0.15) is 12.2 Å². The molecular formula is C21H26IN7. The average molecular weight is 503 g/mol. The molecule has 0 aliphatic carbocycles. The van der Waals surface area contributed by atoms with Crippen molar-refractivity contribution in [2.24, 2.45) is 4.99 Å². The molecule has 0 atom stereocenters. The monoisotopic (exact) mass is 503 g/mol. The second kappa shape index (κ2) is 10.2. The Morgan fingerprint density at radius 1 is 0.966 bits per heavy atom. The number of nitrogens with one attached hydrogen (secondary N) is 2. The van der Waals surface area contributed by atoms with Crippen molar-refractivity contribution < 1.29 is 0 Å². The van der Waals surface area contributed by atoms with Gasteiger partial charge < -0.3 is 15.2 Å². The third kappa shape index (κ3) is 5.06. The lowest BCUT2D eigenvalue weighted by molar-refractivity contribution is 0.640. The van der Waals surface area contributed by atoms with Crippen LogP contribution in [0, 0.1) is 0 Å². The molecule has 3 heterocycles. The molecule has 0 unspecified atom stereocenters. The standard InChI is InChI=1S/C21H25N7.HI/c1-22-21(24-13-10-20-26-25-19-9-4-5-15-28(19)20)23-12-6-14-27-16-11-17-7-2-3-8-18(17)27;/h2-5,7-9,11,15-16H,6,10,12-14H2,1H3,(H2,22,23,24);1H. The first kappa shape index (κ1) is 21.1. The van der Waals surface area contributed by atoms with Crippen molar-refractivity contribution in [2.45, 2.75) is 19.4 Å². The van der Waals surface area contributed by atoms with E-state index in [9.17, 15) is 0 Å². The summed E-state index contributed by atoms with van der Waals surface area (Å²) in [6.45, 7) is 2.58. The minimum atomic E-state index is 0. The van der Waals surface area contributed by atoms with Crippen molar-refractivity contribution >= 4 is 46.5 Å². The van der Waals surface area contributed by atoms with Crippen LogP contribution in [0.2, 0.25) is 0 Å². The number of pyridine rings is 1. The van der Waals surface area contributed by atoms with Gasteiger partial charge in [0.2, 0.25) is 0 Å². The molecule has 7 nitrogen and oxygen atoms in total. The van der Waals surface area contributed by atoms with Gasteiger partial charge in [0.05, 0.1) is 0 Å². The van der Waals surface area contributed by atoms with Crippen molar-refractivity contribution in [3.63, 3.8) is 0 Å². The van der Waals surface area contributed by atoms with Gasteiger partial charge in [-0.2, -0.15) is 0 Å². The first-order valence-corrected chi connectivity index (χ1v) is 9.62. The van der Waals surface area contributed by atoms with E-state index in [1.807, 2.05) is 28.8 Å². The van der Waals surface area contributed by atoms with Crippen LogP contribution in [0.3, 0.4) is 0 Å². The summed E-state index contributed by atoms with van der Waals surface area (Å²) in [6, 6.07) is 16.5. The lowest BCUT2D eigenvalue weighted by Gasteiger charge is -2.12. The second-order valence-corrected chi connectivity index (χ2v) is 6.64. The molecule has 29 heavy (non-hydrogen) atoms. The minimum Gasteiger partial charge on any atom is -0.356 e. The van der Waals surface area contributed by atoms with E-state index < -0.39 is 0 Å². The number of fused-ring (bicyclic) bond motifs is 2. The summed E-state index contributed by atoms with van der Waals surface area (Å²) in [5.74, 6) is 1.75. The zero-order valence-electron chi connectivity index (χ0n) is 16.5. The largest absolute Gasteiger partial charge is 0.356 e. The van der Waals surface area contributed by atoms with E-state index in [1.54, 1.807) is 7.05 Å². The number of aliphatic imine (C=N–C) groups is 1. The van der Waals surface area contributed by atoms with Gasteiger partial charge in [-0.3, -0.25) is 9.39 Å². The second-order valence-electron chi connectivity index (χ2n) is 6.64. The predicted molar refractivity (Wildman–Crippen MR) is 128 cm³/mol. The van der Waals surface area contributed by atoms with Gasteiger partial charge in [-0.15, -0.1) is 34.2 Å². The first-order valence-electron chi connectivity index (χ1n) is 9.62. The molecule has 0 fully saturated rings. The number of aromatic nitrogens is 4. The van der Waals surface area contributed by atoms with E-state index in [4.69, 9.17) is 0 Å². The SMILES string of the molecule is CN=C(NCCCn1ccc2ccccc21)NCCc1nnc2ccccn12.I. The summed E-state index contributed by atoms with van der Waals surface area (Å²) in [6.07, 6.45) is 5.94. The van der Waals surface area contributed by atoms with Crippen LogP contribution in [0.5, 0.6) is 0 Å². The molecule has 0 saturated heterocycles. The van der Waals surface area contributed by atoms with Gasteiger partial charge in [-0.25, -0.2) is 0 Å². The van der Waals surface area contributed by atoms with Crippen LogP contribution in [-0.4, -0.2) is 45.3 Å². The number of hydrogen-bond donors (Lipinski definition) is 2. The van der Waals surface area contributed by atoms with Crippen molar-refractivity contribution in [2.75, 3.05) is 20.1 Å². The molecule has 4 rings (SSSR count). The molecule has 8 heteroatoms. The normalized spacial score (nSPS) is 11.6. The summed E-state index contributed by atoms with van der Waals surface area (Å²) in [5.41, 5.74) is 2.16. The van der Waals surface area contributed by atoms with Crippen molar-refractivity contribution in [1.82, 2.24) is 29.8 Å². The molecule has 1 aromatic carbocycles. The molecule has 0 spiro atoms. The Morgan fingerprint density at radius 3 is 2.69 bits per heavy atom. The first-order chi connectivity index (χ1) is 13.8. The fraction of sp³-hybridized carbons (Fsp3) is 0.286. The highest BCUT2D eigenvalue weighted by molar-refractivity contribution is 14.0. The maximum atomic E-state index is 4.30. The number of rotatable bonds is 7. The summed E-state index contributed by atoms with van der Waals surface area (Å²) in [7, 11) is 1.79. The Bertz CT molecular complexity index is 1080. The number of benzene rings is 1. The van der Waals surface area contributed by atoms with Crippen LogP contribution in [0.4, 0.5) is 0 Å². The number of aryl methyl sites for hydroxylation is 1. The smallest absolute Gasteiger partial charge is 0.190 e. The minimum absolute atomic E-state index is 0. The van der Waals surface area contributed by atoms with Gasteiger partial charge in [-0.1, -0.05) is 24.3 Å². The topological polar surface area (TPSA) is 71.5 Å². The predicted octanol–water partition coefficient (Wildman–Crippen LogP) is 3.10. The maximum Gasteiger partial charge on any atom is 0.190 e. The zero-order valence-corrected chi connectivity index (χ0v) is 18.8. The lowest BCUT2D eigenvalue weighted by atomic mass is 10.2. The average Bonchev–Trinajstić information content (AvgIpc) is 3.34. The van der Waals surface area contributed by atoms with Gasteiger partial charge in [0, 0.05) is 51.0 Å². The van der Waals surface area contributed by atoms with Crippen LogP contribution >= 0.6 is 24.0 Å². The molecule has 3 aromatic heterocycles. The van der Waals surface area contributed by atoms with Crippen molar-refractivity contribution in [3.05, 3.63) is 66.7 Å². The molecule has 0 bridgehead atoms. The van der Waals surface area contributed by atoms with E-state index in [-0.39, 0.29) is 24.0 Å². The Balaban J connectivity index is 0.00000240. The Hall–Kier alpha value is -2.62. The molecule has 0 aliphatic heterocycles. The number of halogens is 1.